The quantitative estimate of drug-likeness (QED) is 0.731. The molecule has 1 atom stereocenters. The Kier molecular flexibility index (Phi) is 4.57. The minimum atomic E-state index is 0.549. The maximum atomic E-state index is 5.08. The third-order valence-electron chi connectivity index (χ3n) is 3.42. The predicted octanol–water partition coefficient (Wildman–Crippen LogP) is 3.07. The number of hydrogen-bond acceptors (Lipinski definition) is 2. The van der Waals surface area contributed by atoms with Gasteiger partial charge in [0.25, 0.3) is 0 Å². The maximum absolute atomic E-state index is 5.08. The number of hydrogen-bond donors (Lipinski definition) is 1. The van der Waals surface area contributed by atoms with E-state index in [4.69, 9.17) is 4.74 Å². The third-order valence-corrected chi connectivity index (χ3v) is 3.42. The standard InChI is InChI=1S/C15H23NO/c1-12-4-6-13(7-5-12)15(14-8-9-14)16-10-3-11-17-2/h4-7,14-16H,3,8-11H2,1-2H3. The highest BCUT2D eigenvalue weighted by molar-refractivity contribution is 5.25. The smallest absolute Gasteiger partial charge is 0.0474 e. The molecule has 1 saturated carbocycles. The summed E-state index contributed by atoms with van der Waals surface area (Å²) >= 11 is 0. The predicted molar refractivity (Wildman–Crippen MR) is 71.1 cm³/mol. The molecule has 0 spiro atoms. The van der Waals surface area contributed by atoms with Crippen LogP contribution < -0.4 is 5.32 Å². The van der Waals surface area contributed by atoms with Gasteiger partial charge in [0.15, 0.2) is 0 Å². The Morgan fingerprint density at radius 1 is 1.29 bits per heavy atom. The SMILES string of the molecule is COCCCNC(c1ccc(C)cc1)C1CC1. The van der Waals surface area contributed by atoms with E-state index >= 15 is 0 Å². The molecule has 2 nitrogen and oxygen atoms in total. The van der Waals surface area contributed by atoms with Crippen molar-refractivity contribution in [2.75, 3.05) is 20.3 Å². The summed E-state index contributed by atoms with van der Waals surface area (Å²) in [4.78, 5) is 0. The van der Waals surface area contributed by atoms with Crippen molar-refractivity contribution in [2.45, 2.75) is 32.2 Å². The number of methoxy groups -OCH3 is 1. The second kappa shape index (κ2) is 6.18. The molecular formula is C15H23NO. The second-order valence-corrected chi connectivity index (χ2v) is 5.03. The molecule has 1 unspecified atom stereocenters. The van der Waals surface area contributed by atoms with Crippen LogP contribution in [0.2, 0.25) is 0 Å². The molecule has 0 bridgehead atoms. The first-order valence-corrected chi connectivity index (χ1v) is 6.60. The molecule has 17 heavy (non-hydrogen) atoms. The Bertz CT molecular complexity index is 329. The van der Waals surface area contributed by atoms with E-state index in [1.807, 2.05) is 0 Å². The van der Waals surface area contributed by atoms with Gasteiger partial charge in [-0.05, 0) is 44.2 Å². The monoisotopic (exact) mass is 233 g/mol. The largest absolute Gasteiger partial charge is 0.385 e. The van der Waals surface area contributed by atoms with Crippen LogP contribution in [0.1, 0.15) is 36.4 Å². The van der Waals surface area contributed by atoms with Crippen molar-refractivity contribution in [1.29, 1.82) is 0 Å². The minimum Gasteiger partial charge on any atom is -0.385 e. The number of benzene rings is 1. The zero-order chi connectivity index (χ0) is 12.1. The number of aryl methyl sites for hydroxylation is 1. The molecule has 1 fully saturated rings. The van der Waals surface area contributed by atoms with Crippen LogP contribution in [0.15, 0.2) is 24.3 Å². The second-order valence-electron chi connectivity index (χ2n) is 5.03. The van der Waals surface area contributed by atoms with E-state index < -0.39 is 0 Å². The van der Waals surface area contributed by atoms with Gasteiger partial charge in [0.05, 0.1) is 0 Å². The van der Waals surface area contributed by atoms with Gasteiger partial charge in [0.2, 0.25) is 0 Å². The average molecular weight is 233 g/mol. The minimum absolute atomic E-state index is 0.549. The molecule has 0 saturated heterocycles. The summed E-state index contributed by atoms with van der Waals surface area (Å²) in [5.74, 6) is 0.847. The lowest BCUT2D eigenvalue weighted by Crippen LogP contribution is -2.24. The molecule has 1 aliphatic rings. The molecule has 0 aromatic heterocycles. The van der Waals surface area contributed by atoms with E-state index in [0.717, 1.165) is 25.5 Å². The molecule has 2 rings (SSSR count). The Labute approximate surface area is 104 Å². The van der Waals surface area contributed by atoms with Gasteiger partial charge in [-0.25, -0.2) is 0 Å². The van der Waals surface area contributed by atoms with Crippen molar-refractivity contribution in [3.8, 4) is 0 Å². The molecule has 1 aromatic carbocycles. The van der Waals surface area contributed by atoms with Crippen molar-refractivity contribution < 1.29 is 4.74 Å². The van der Waals surface area contributed by atoms with E-state index in [9.17, 15) is 0 Å². The van der Waals surface area contributed by atoms with Crippen LogP contribution in [0.5, 0.6) is 0 Å². The van der Waals surface area contributed by atoms with Gasteiger partial charge in [-0.15, -0.1) is 0 Å². The van der Waals surface area contributed by atoms with E-state index in [2.05, 4.69) is 36.5 Å². The summed E-state index contributed by atoms with van der Waals surface area (Å²) in [6.07, 6.45) is 3.83. The Morgan fingerprint density at radius 2 is 2.00 bits per heavy atom. The summed E-state index contributed by atoms with van der Waals surface area (Å²) in [7, 11) is 1.76. The number of nitrogens with one attached hydrogen (secondary N) is 1. The van der Waals surface area contributed by atoms with Gasteiger partial charge in [0.1, 0.15) is 0 Å². The van der Waals surface area contributed by atoms with Crippen LogP contribution in [0.25, 0.3) is 0 Å². The fraction of sp³-hybridized carbons (Fsp3) is 0.600. The van der Waals surface area contributed by atoms with Gasteiger partial charge < -0.3 is 10.1 Å². The van der Waals surface area contributed by atoms with Crippen molar-refractivity contribution in [1.82, 2.24) is 5.32 Å². The van der Waals surface area contributed by atoms with E-state index in [1.54, 1.807) is 7.11 Å². The fourth-order valence-electron chi connectivity index (χ4n) is 2.23. The number of ether oxygens (including phenoxy) is 1. The molecular weight excluding hydrogens is 210 g/mol. The third kappa shape index (κ3) is 3.83. The molecule has 1 aromatic rings. The Morgan fingerprint density at radius 3 is 2.59 bits per heavy atom. The molecule has 1 N–H and O–H groups in total. The van der Waals surface area contributed by atoms with Crippen LogP contribution in [0.4, 0.5) is 0 Å². The molecule has 0 amide bonds. The van der Waals surface area contributed by atoms with Crippen LogP contribution in [0, 0.1) is 12.8 Å². The van der Waals surface area contributed by atoms with Gasteiger partial charge >= 0.3 is 0 Å². The molecule has 2 heteroatoms. The summed E-state index contributed by atoms with van der Waals surface area (Å²) in [5, 5.41) is 3.67. The van der Waals surface area contributed by atoms with E-state index in [0.29, 0.717) is 6.04 Å². The highest BCUT2D eigenvalue weighted by Crippen LogP contribution is 2.40. The fourth-order valence-corrected chi connectivity index (χ4v) is 2.23. The Hall–Kier alpha value is -0.860. The Balaban J connectivity index is 1.90. The first kappa shape index (κ1) is 12.6. The maximum Gasteiger partial charge on any atom is 0.0474 e. The van der Waals surface area contributed by atoms with Gasteiger partial charge in [-0.2, -0.15) is 0 Å². The summed E-state index contributed by atoms with van der Waals surface area (Å²) < 4.78 is 5.08. The summed E-state index contributed by atoms with van der Waals surface area (Å²) in [6.45, 7) is 4.03. The van der Waals surface area contributed by atoms with Gasteiger partial charge in [-0.1, -0.05) is 29.8 Å². The van der Waals surface area contributed by atoms with Crippen molar-refractivity contribution in [3.05, 3.63) is 35.4 Å². The van der Waals surface area contributed by atoms with Crippen molar-refractivity contribution in [2.24, 2.45) is 5.92 Å². The van der Waals surface area contributed by atoms with Crippen LogP contribution in [0.3, 0.4) is 0 Å². The lowest BCUT2D eigenvalue weighted by atomic mass is 10.0. The van der Waals surface area contributed by atoms with Gasteiger partial charge in [-0.3, -0.25) is 0 Å². The summed E-state index contributed by atoms with van der Waals surface area (Å²) in [6, 6.07) is 9.50. The zero-order valence-electron chi connectivity index (χ0n) is 10.9. The normalized spacial score (nSPS) is 17.1. The topological polar surface area (TPSA) is 21.3 Å². The highest BCUT2D eigenvalue weighted by atomic mass is 16.5. The van der Waals surface area contributed by atoms with Crippen LogP contribution in [-0.4, -0.2) is 20.3 Å². The van der Waals surface area contributed by atoms with Crippen LogP contribution >= 0.6 is 0 Å². The molecule has 0 aliphatic heterocycles. The highest BCUT2D eigenvalue weighted by Gasteiger charge is 2.31. The lowest BCUT2D eigenvalue weighted by molar-refractivity contribution is 0.192. The molecule has 0 radical (unpaired) electrons. The lowest BCUT2D eigenvalue weighted by Gasteiger charge is -2.19. The molecule has 0 heterocycles. The molecule has 94 valence electrons. The first-order valence-electron chi connectivity index (χ1n) is 6.60. The van der Waals surface area contributed by atoms with E-state index in [1.165, 1.54) is 24.0 Å². The average Bonchev–Trinajstić information content (AvgIpc) is 3.15. The molecule has 1 aliphatic carbocycles. The first-order chi connectivity index (χ1) is 8.31. The van der Waals surface area contributed by atoms with E-state index in [-0.39, 0.29) is 0 Å². The zero-order valence-corrected chi connectivity index (χ0v) is 10.9. The summed E-state index contributed by atoms with van der Waals surface area (Å²) in [5.41, 5.74) is 2.78. The van der Waals surface area contributed by atoms with Crippen molar-refractivity contribution in [3.63, 3.8) is 0 Å². The van der Waals surface area contributed by atoms with Gasteiger partial charge in [0, 0.05) is 19.8 Å². The van der Waals surface area contributed by atoms with Crippen LogP contribution in [-0.2, 0) is 4.74 Å². The van der Waals surface area contributed by atoms with Crippen molar-refractivity contribution >= 4 is 0 Å². The number of rotatable bonds is 7.